The number of fused-ring (bicyclic) bond motifs is 1. The van der Waals surface area contributed by atoms with Gasteiger partial charge in [0.05, 0.1) is 6.61 Å². The molecule has 0 aliphatic rings. The molecule has 0 amide bonds. The lowest BCUT2D eigenvalue weighted by Crippen LogP contribution is -2.30. The molecule has 2 heterocycles. The first-order valence-electron chi connectivity index (χ1n) is 6.43. The number of carbonyl (C=O) groups is 1. The molecule has 0 fully saturated rings. The molecular weight excluding hydrogens is 292 g/mol. The van der Waals surface area contributed by atoms with Crippen LogP contribution < -0.4 is 0 Å². The summed E-state index contributed by atoms with van der Waals surface area (Å²) in [6.07, 6.45) is 1.56. The third-order valence-corrected chi connectivity index (χ3v) is 5.34. The number of thioether (sulfide) groups is 1. The van der Waals surface area contributed by atoms with Gasteiger partial charge in [0.15, 0.2) is 0 Å². The maximum Gasteiger partial charge on any atom is 0.322 e. The molecule has 6 heteroatoms. The first-order chi connectivity index (χ1) is 9.36. The highest BCUT2D eigenvalue weighted by atomic mass is 32.2. The summed E-state index contributed by atoms with van der Waals surface area (Å²) in [5.74, 6) is -0.221. The summed E-state index contributed by atoms with van der Waals surface area (Å²) >= 11 is 3.09. The van der Waals surface area contributed by atoms with E-state index in [1.807, 2.05) is 20.8 Å². The Morgan fingerprint density at radius 3 is 2.75 bits per heavy atom. The minimum Gasteiger partial charge on any atom is -0.465 e. The normalized spacial score (nSPS) is 11.8. The van der Waals surface area contributed by atoms with E-state index in [0.717, 1.165) is 15.2 Å². The number of rotatable bonds is 4. The second-order valence-electron chi connectivity index (χ2n) is 4.98. The average Bonchev–Trinajstić information content (AvgIpc) is 2.66. The Morgan fingerprint density at radius 2 is 2.10 bits per heavy atom. The summed E-state index contributed by atoms with van der Waals surface area (Å²) in [5, 5.41) is 1.90. The maximum absolute atomic E-state index is 12.0. The third kappa shape index (κ3) is 2.81. The van der Waals surface area contributed by atoms with E-state index in [-0.39, 0.29) is 5.97 Å². The average molecular weight is 310 g/mol. The number of carbonyl (C=O) groups excluding carboxylic acids is 1. The highest BCUT2D eigenvalue weighted by Crippen LogP contribution is 2.39. The smallest absolute Gasteiger partial charge is 0.322 e. The van der Waals surface area contributed by atoms with Gasteiger partial charge in [-0.1, -0.05) is 11.8 Å². The van der Waals surface area contributed by atoms with E-state index in [9.17, 15) is 4.79 Å². The van der Waals surface area contributed by atoms with Crippen LogP contribution in [0.4, 0.5) is 0 Å². The van der Waals surface area contributed by atoms with Crippen molar-refractivity contribution in [3.63, 3.8) is 0 Å². The van der Waals surface area contributed by atoms with Crippen LogP contribution in [-0.4, -0.2) is 27.3 Å². The number of aryl methyl sites for hydroxylation is 2. The molecular formula is C14H18N2O2S2. The molecule has 0 aliphatic heterocycles. The van der Waals surface area contributed by atoms with Crippen molar-refractivity contribution < 1.29 is 9.53 Å². The number of hydrogen-bond acceptors (Lipinski definition) is 6. The van der Waals surface area contributed by atoms with Crippen LogP contribution in [0.3, 0.4) is 0 Å². The van der Waals surface area contributed by atoms with E-state index in [1.165, 1.54) is 22.2 Å². The fourth-order valence-electron chi connectivity index (χ4n) is 1.82. The lowest BCUT2D eigenvalue weighted by molar-refractivity contribution is -0.145. The fourth-order valence-corrected chi connectivity index (χ4v) is 3.95. The second kappa shape index (κ2) is 5.69. The van der Waals surface area contributed by atoms with Gasteiger partial charge in [0.1, 0.15) is 20.9 Å². The van der Waals surface area contributed by atoms with Gasteiger partial charge in [-0.05, 0) is 40.2 Å². The molecule has 0 radical (unpaired) electrons. The van der Waals surface area contributed by atoms with E-state index in [2.05, 4.69) is 23.8 Å². The minimum absolute atomic E-state index is 0.221. The van der Waals surface area contributed by atoms with Crippen LogP contribution in [0.25, 0.3) is 10.2 Å². The molecule has 0 N–H and O–H groups in total. The Hall–Kier alpha value is -1.14. The van der Waals surface area contributed by atoms with Crippen molar-refractivity contribution in [1.29, 1.82) is 0 Å². The molecule has 0 bridgehead atoms. The molecule has 0 unspecified atom stereocenters. The van der Waals surface area contributed by atoms with Gasteiger partial charge in [0.2, 0.25) is 0 Å². The Bertz CT molecular complexity index is 650. The van der Waals surface area contributed by atoms with E-state index in [1.54, 1.807) is 17.7 Å². The number of ether oxygens (including phenoxy) is 1. The van der Waals surface area contributed by atoms with Crippen LogP contribution in [0.5, 0.6) is 0 Å². The van der Waals surface area contributed by atoms with Crippen molar-refractivity contribution in [2.24, 2.45) is 0 Å². The number of esters is 1. The van der Waals surface area contributed by atoms with E-state index in [4.69, 9.17) is 4.74 Å². The summed E-state index contributed by atoms with van der Waals surface area (Å²) < 4.78 is 4.46. The summed E-state index contributed by atoms with van der Waals surface area (Å²) in [6.45, 7) is 10.1. The molecule has 2 rings (SSSR count). The van der Waals surface area contributed by atoms with E-state index in [0.29, 0.717) is 6.61 Å². The molecule has 0 saturated heterocycles. The zero-order valence-electron chi connectivity index (χ0n) is 12.3. The zero-order chi connectivity index (χ0) is 14.9. The van der Waals surface area contributed by atoms with Crippen molar-refractivity contribution in [2.75, 3.05) is 6.61 Å². The largest absolute Gasteiger partial charge is 0.465 e. The Labute approximate surface area is 127 Å². The van der Waals surface area contributed by atoms with Gasteiger partial charge in [-0.2, -0.15) is 0 Å². The molecule has 20 heavy (non-hydrogen) atoms. The second-order valence-corrected chi connectivity index (χ2v) is 7.79. The molecule has 2 aromatic heterocycles. The quantitative estimate of drug-likeness (QED) is 0.489. The number of nitrogens with zero attached hydrogens (tertiary/aromatic N) is 2. The topological polar surface area (TPSA) is 52.1 Å². The Morgan fingerprint density at radius 1 is 1.40 bits per heavy atom. The predicted octanol–water partition coefficient (Wildman–Crippen LogP) is 3.74. The first-order valence-corrected chi connectivity index (χ1v) is 8.07. The monoisotopic (exact) mass is 310 g/mol. The van der Waals surface area contributed by atoms with Crippen LogP contribution >= 0.6 is 23.1 Å². The predicted molar refractivity (Wildman–Crippen MR) is 83.5 cm³/mol. The molecule has 0 atom stereocenters. The van der Waals surface area contributed by atoms with Crippen LogP contribution in [-0.2, 0) is 9.53 Å². The molecule has 0 spiro atoms. The minimum atomic E-state index is -0.667. The first kappa shape index (κ1) is 15.3. The SMILES string of the molecule is CCOC(=O)C(C)(C)Sc1ncnc2sc(C)c(C)c12. The lowest BCUT2D eigenvalue weighted by Gasteiger charge is -2.21. The molecule has 4 nitrogen and oxygen atoms in total. The van der Waals surface area contributed by atoms with Crippen molar-refractivity contribution in [2.45, 2.75) is 44.4 Å². The molecule has 0 aliphatic carbocycles. The van der Waals surface area contributed by atoms with Crippen LogP contribution in [0, 0.1) is 13.8 Å². The Kier molecular flexibility index (Phi) is 4.34. The van der Waals surface area contributed by atoms with Crippen molar-refractivity contribution in [3.8, 4) is 0 Å². The molecule has 108 valence electrons. The number of aromatic nitrogens is 2. The van der Waals surface area contributed by atoms with Crippen molar-refractivity contribution >= 4 is 39.3 Å². The Balaban J connectivity index is 2.41. The van der Waals surface area contributed by atoms with Crippen LogP contribution in [0.15, 0.2) is 11.4 Å². The van der Waals surface area contributed by atoms with Gasteiger partial charge in [0.25, 0.3) is 0 Å². The highest BCUT2D eigenvalue weighted by molar-refractivity contribution is 8.01. The van der Waals surface area contributed by atoms with Gasteiger partial charge < -0.3 is 4.74 Å². The zero-order valence-corrected chi connectivity index (χ0v) is 13.9. The molecule has 2 aromatic rings. The number of thiophene rings is 1. The van der Waals surface area contributed by atoms with Crippen molar-refractivity contribution in [3.05, 3.63) is 16.8 Å². The fraction of sp³-hybridized carbons (Fsp3) is 0.500. The number of hydrogen-bond donors (Lipinski definition) is 0. The van der Waals surface area contributed by atoms with Crippen LogP contribution in [0.2, 0.25) is 0 Å². The van der Waals surface area contributed by atoms with Gasteiger partial charge in [-0.25, -0.2) is 9.97 Å². The summed E-state index contributed by atoms with van der Waals surface area (Å²) in [6, 6.07) is 0. The highest BCUT2D eigenvalue weighted by Gasteiger charge is 2.32. The maximum atomic E-state index is 12.0. The van der Waals surface area contributed by atoms with Crippen LogP contribution in [0.1, 0.15) is 31.2 Å². The van der Waals surface area contributed by atoms with Crippen molar-refractivity contribution in [1.82, 2.24) is 9.97 Å². The van der Waals surface area contributed by atoms with Gasteiger partial charge in [0, 0.05) is 10.3 Å². The third-order valence-electron chi connectivity index (χ3n) is 3.05. The van der Waals surface area contributed by atoms with E-state index < -0.39 is 4.75 Å². The van der Waals surface area contributed by atoms with Gasteiger partial charge in [-0.3, -0.25) is 4.79 Å². The summed E-state index contributed by atoms with van der Waals surface area (Å²) in [7, 11) is 0. The van der Waals surface area contributed by atoms with Gasteiger partial charge in [-0.15, -0.1) is 11.3 Å². The van der Waals surface area contributed by atoms with E-state index >= 15 is 0 Å². The standard InChI is InChI=1S/C14H18N2O2S2/c1-6-18-13(17)14(4,5)20-12-10-8(2)9(3)19-11(10)15-7-16-12/h7H,6H2,1-5H3. The van der Waals surface area contributed by atoms with Gasteiger partial charge >= 0.3 is 5.97 Å². The molecule has 0 saturated carbocycles. The lowest BCUT2D eigenvalue weighted by atomic mass is 10.2. The summed E-state index contributed by atoms with van der Waals surface area (Å²) in [5.41, 5.74) is 1.19. The summed E-state index contributed by atoms with van der Waals surface area (Å²) in [4.78, 5) is 22.9. The molecule has 0 aromatic carbocycles.